The lowest BCUT2D eigenvalue weighted by atomic mass is 9.94. The summed E-state index contributed by atoms with van der Waals surface area (Å²) < 4.78 is 11.2. The molecule has 6 nitrogen and oxygen atoms in total. The second-order valence-electron chi connectivity index (χ2n) is 7.81. The molecule has 6 heteroatoms. The Balaban J connectivity index is 1.94. The van der Waals surface area contributed by atoms with Crippen LogP contribution in [0.4, 0.5) is 11.4 Å². The fourth-order valence-corrected chi connectivity index (χ4v) is 3.91. The summed E-state index contributed by atoms with van der Waals surface area (Å²) in [5.41, 5.74) is 10.7. The minimum absolute atomic E-state index is 0.0362. The first kappa shape index (κ1) is 21.6. The lowest BCUT2D eigenvalue weighted by Gasteiger charge is -2.28. The lowest BCUT2D eigenvalue weighted by Crippen LogP contribution is -3.06. The molecule has 3 N–H and O–H groups in total. The van der Waals surface area contributed by atoms with Gasteiger partial charge in [-0.3, -0.25) is 0 Å². The van der Waals surface area contributed by atoms with Crippen LogP contribution >= 0.6 is 0 Å². The number of anilines is 1. The molecule has 30 heavy (non-hydrogen) atoms. The SMILES string of the molecule is COc1cc(CC(C)[NH+]([O-])c2ccc(N)cc2)oc(=O)c1-c1c(C)cc(C)cc1C. The van der Waals surface area contributed by atoms with E-state index in [1.807, 2.05) is 39.8 Å². The summed E-state index contributed by atoms with van der Waals surface area (Å²) in [7, 11) is 1.53. The monoisotopic (exact) mass is 408 g/mol. The predicted octanol–water partition coefficient (Wildman–Crippen LogP) is 3.47. The maximum Gasteiger partial charge on any atom is 0.347 e. The topological polar surface area (TPSA) is 93.0 Å². The standard InChI is InChI=1S/C24H28N2O4/c1-14-10-15(2)22(16(3)11-14)23-21(29-5)13-20(30-24(23)27)12-17(4)26(28)19-8-6-18(25)7-9-19/h6-11,13,17,26H,12,25H2,1-5H3. The third-order valence-electron chi connectivity index (χ3n) is 5.26. The van der Waals surface area contributed by atoms with Crippen LogP contribution in [0.15, 0.2) is 51.7 Å². The van der Waals surface area contributed by atoms with Crippen LogP contribution in [0.25, 0.3) is 11.1 Å². The fraction of sp³-hybridized carbons (Fsp3) is 0.292. The smallest absolute Gasteiger partial charge is 0.347 e. The molecule has 0 spiro atoms. The Hall–Kier alpha value is -3.09. The number of nitrogen functional groups attached to an aromatic ring is 1. The molecule has 0 aliphatic heterocycles. The Morgan fingerprint density at radius 1 is 1.07 bits per heavy atom. The lowest BCUT2D eigenvalue weighted by molar-refractivity contribution is -0.804. The number of hydrogen-bond acceptors (Lipinski definition) is 5. The van der Waals surface area contributed by atoms with Gasteiger partial charge in [0.05, 0.1) is 19.6 Å². The minimum atomic E-state index is -0.466. The van der Waals surface area contributed by atoms with E-state index in [1.165, 1.54) is 7.11 Å². The van der Waals surface area contributed by atoms with Gasteiger partial charge < -0.3 is 25.2 Å². The third kappa shape index (κ3) is 4.40. The summed E-state index contributed by atoms with van der Waals surface area (Å²) in [5.74, 6) is 0.864. The minimum Gasteiger partial charge on any atom is -0.629 e. The Labute approximate surface area is 176 Å². The number of hydrogen-bond donors (Lipinski definition) is 2. The molecule has 3 rings (SSSR count). The molecule has 1 heterocycles. The average Bonchev–Trinajstić information content (AvgIpc) is 2.68. The first-order valence-corrected chi connectivity index (χ1v) is 9.90. The molecule has 0 aliphatic carbocycles. The molecule has 0 amide bonds. The molecule has 158 valence electrons. The highest BCUT2D eigenvalue weighted by atomic mass is 16.5. The highest BCUT2D eigenvalue weighted by molar-refractivity contribution is 5.75. The van der Waals surface area contributed by atoms with Crippen molar-refractivity contribution < 1.29 is 14.2 Å². The third-order valence-corrected chi connectivity index (χ3v) is 5.26. The van der Waals surface area contributed by atoms with Gasteiger partial charge in [0.1, 0.15) is 22.8 Å². The summed E-state index contributed by atoms with van der Waals surface area (Å²) in [6, 6.07) is 12.2. The molecule has 1 aromatic heterocycles. The van der Waals surface area contributed by atoms with E-state index < -0.39 is 5.63 Å². The van der Waals surface area contributed by atoms with Gasteiger partial charge in [0.25, 0.3) is 0 Å². The van der Waals surface area contributed by atoms with Crippen molar-refractivity contribution in [3.8, 4) is 16.9 Å². The average molecular weight is 408 g/mol. The maximum atomic E-state index is 12.9. The van der Waals surface area contributed by atoms with E-state index in [4.69, 9.17) is 14.9 Å². The molecular weight excluding hydrogens is 380 g/mol. The van der Waals surface area contributed by atoms with Gasteiger partial charge in [0.2, 0.25) is 0 Å². The van der Waals surface area contributed by atoms with Crippen LogP contribution in [0.5, 0.6) is 5.75 Å². The summed E-state index contributed by atoms with van der Waals surface area (Å²) >= 11 is 0. The number of methoxy groups -OCH3 is 1. The van der Waals surface area contributed by atoms with E-state index in [0.29, 0.717) is 34.9 Å². The fourth-order valence-electron chi connectivity index (χ4n) is 3.91. The van der Waals surface area contributed by atoms with Crippen LogP contribution in [0.2, 0.25) is 0 Å². The first-order chi connectivity index (χ1) is 14.2. The molecule has 0 fully saturated rings. The molecule has 0 aliphatic rings. The summed E-state index contributed by atoms with van der Waals surface area (Å²) in [6.45, 7) is 7.77. The molecule has 0 saturated heterocycles. The van der Waals surface area contributed by atoms with Crippen molar-refractivity contribution >= 4 is 11.4 Å². The zero-order valence-corrected chi connectivity index (χ0v) is 18.0. The zero-order valence-electron chi connectivity index (χ0n) is 18.0. The Morgan fingerprint density at radius 3 is 2.23 bits per heavy atom. The summed E-state index contributed by atoms with van der Waals surface area (Å²) in [6.07, 6.45) is 0.293. The second-order valence-corrected chi connectivity index (χ2v) is 7.81. The van der Waals surface area contributed by atoms with Crippen molar-refractivity contribution in [3.63, 3.8) is 0 Å². The molecule has 2 aromatic carbocycles. The highest BCUT2D eigenvalue weighted by Crippen LogP contribution is 2.33. The summed E-state index contributed by atoms with van der Waals surface area (Å²) in [4.78, 5) is 12.9. The Bertz CT molecular complexity index is 1080. The largest absolute Gasteiger partial charge is 0.629 e. The van der Waals surface area contributed by atoms with Gasteiger partial charge in [-0.05, 0) is 56.5 Å². The number of aryl methyl sites for hydroxylation is 3. The van der Waals surface area contributed by atoms with Gasteiger partial charge in [0, 0.05) is 23.9 Å². The van der Waals surface area contributed by atoms with Crippen LogP contribution < -0.4 is 21.2 Å². The van der Waals surface area contributed by atoms with Crippen molar-refractivity contribution in [1.82, 2.24) is 0 Å². The van der Waals surface area contributed by atoms with Gasteiger partial charge in [-0.1, -0.05) is 17.7 Å². The second kappa shape index (κ2) is 8.73. The number of nitrogens with two attached hydrogens (primary N) is 1. The van der Waals surface area contributed by atoms with Crippen LogP contribution in [0.1, 0.15) is 29.4 Å². The Morgan fingerprint density at radius 2 is 1.67 bits per heavy atom. The molecular formula is C24H28N2O4. The molecule has 3 aromatic rings. The van der Waals surface area contributed by atoms with E-state index in [2.05, 4.69) is 0 Å². The molecule has 2 atom stereocenters. The number of hydroxylamine groups is 1. The molecule has 2 unspecified atom stereocenters. The predicted molar refractivity (Wildman–Crippen MR) is 119 cm³/mol. The number of ether oxygens (including phenoxy) is 1. The molecule has 0 saturated carbocycles. The van der Waals surface area contributed by atoms with Gasteiger partial charge >= 0.3 is 5.63 Å². The molecule has 0 bridgehead atoms. The van der Waals surface area contributed by atoms with Gasteiger partial charge in [-0.2, -0.15) is 0 Å². The van der Waals surface area contributed by atoms with Crippen molar-refractivity contribution in [1.29, 1.82) is 0 Å². The number of nitrogens with one attached hydrogen (secondary N) is 1. The van der Waals surface area contributed by atoms with Crippen LogP contribution in [0, 0.1) is 26.0 Å². The van der Waals surface area contributed by atoms with Crippen LogP contribution in [0.3, 0.4) is 0 Å². The summed E-state index contributed by atoms with van der Waals surface area (Å²) in [5, 5.41) is 12.7. The van der Waals surface area contributed by atoms with E-state index >= 15 is 0 Å². The normalized spacial score (nSPS) is 13.1. The van der Waals surface area contributed by atoms with Crippen molar-refractivity contribution in [2.24, 2.45) is 0 Å². The van der Waals surface area contributed by atoms with E-state index in [1.54, 1.807) is 30.3 Å². The van der Waals surface area contributed by atoms with Crippen LogP contribution in [-0.2, 0) is 6.42 Å². The van der Waals surface area contributed by atoms with Gasteiger partial charge in [0.15, 0.2) is 0 Å². The van der Waals surface area contributed by atoms with Gasteiger partial charge in [-0.25, -0.2) is 4.79 Å². The Kier molecular flexibility index (Phi) is 6.29. The van der Waals surface area contributed by atoms with Crippen molar-refractivity contribution in [3.05, 3.63) is 80.5 Å². The van der Waals surface area contributed by atoms with Crippen LogP contribution in [-0.4, -0.2) is 13.2 Å². The van der Waals surface area contributed by atoms with E-state index in [0.717, 1.165) is 22.3 Å². The van der Waals surface area contributed by atoms with Crippen molar-refractivity contribution in [2.45, 2.75) is 40.2 Å². The first-order valence-electron chi connectivity index (χ1n) is 9.90. The quantitative estimate of drug-likeness (QED) is 0.481. The number of rotatable bonds is 6. The number of quaternary nitrogens is 1. The number of benzene rings is 2. The maximum absolute atomic E-state index is 12.9. The zero-order chi connectivity index (χ0) is 22.0. The van der Waals surface area contributed by atoms with Crippen molar-refractivity contribution in [2.75, 3.05) is 12.8 Å². The van der Waals surface area contributed by atoms with E-state index in [9.17, 15) is 10.0 Å². The molecule has 0 radical (unpaired) electrons. The van der Waals surface area contributed by atoms with Gasteiger partial charge in [-0.15, -0.1) is 0 Å². The van der Waals surface area contributed by atoms with E-state index in [-0.39, 0.29) is 11.1 Å². The highest BCUT2D eigenvalue weighted by Gasteiger charge is 2.21.